The lowest BCUT2D eigenvalue weighted by Gasteiger charge is -2.36. The Morgan fingerprint density at radius 1 is 1.29 bits per heavy atom. The molecule has 0 bridgehead atoms. The summed E-state index contributed by atoms with van der Waals surface area (Å²) in [7, 11) is 0. The highest BCUT2D eigenvalue weighted by atomic mass is 16.3. The van der Waals surface area contributed by atoms with Crippen LogP contribution >= 0.6 is 0 Å². The van der Waals surface area contributed by atoms with Crippen molar-refractivity contribution in [3.05, 3.63) is 11.4 Å². The highest BCUT2D eigenvalue weighted by Crippen LogP contribution is 2.34. The zero-order valence-electron chi connectivity index (χ0n) is 13.4. The molecule has 1 aromatic heterocycles. The summed E-state index contributed by atoms with van der Waals surface area (Å²) in [6.45, 7) is 6.68. The van der Waals surface area contributed by atoms with Gasteiger partial charge < -0.3 is 16.2 Å². The van der Waals surface area contributed by atoms with E-state index < -0.39 is 5.60 Å². The number of nitrogens with one attached hydrogen (secondary N) is 1. The molecule has 1 aromatic rings. The molecular formula is C16H28N4O. The van der Waals surface area contributed by atoms with Gasteiger partial charge in [-0.15, -0.1) is 0 Å². The second-order valence-electron chi connectivity index (χ2n) is 6.28. The molecule has 4 N–H and O–H groups in total. The first kappa shape index (κ1) is 16.0. The number of nitrogens with zero attached hydrogens (tertiary/aromatic N) is 2. The Labute approximate surface area is 127 Å². The Morgan fingerprint density at radius 2 is 1.95 bits per heavy atom. The molecule has 1 saturated carbocycles. The fraction of sp³-hybridized carbons (Fsp3) is 0.750. The minimum atomic E-state index is -0.621. The van der Waals surface area contributed by atoms with E-state index in [9.17, 15) is 5.11 Å². The zero-order valence-corrected chi connectivity index (χ0v) is 13.4. The SMILES string of the molecule is CCc1nc(N)c(C)c(NCC2(O)CCC(CC)CC2)n1. The Morgan fingerprint density at radius 3 is 2.52 bits per heavy atom. The molecule has 0 aliphatic heterocycles. The fourth-order valence-electron chi connectivity index (χ4n) is 2.96. The molecule has 1 aliphatic carbocycles. The van der Waals surface area contributed by atoms with Gasteiger partial charge in [0.2, 0.25) is 0 Å². The molecule has 0 spiro atoms. The van der Waals surface area contributed by atoms with Crippen LogP contribution in [0, 0.1) is 12.8 Å². The Kier molecular flexibility index (Phi) is 5.04. The average Bonchev–Trinajstić information content (AvgIpc) is 2.49. The van der Waals surface area contributed by atoms with E-state index in [1.165, 1.54) is 6.42 Å². The number of aromatic nitrogens is 2. The standard InChI is InChI=1S/C16H28N4O/c1-4-12-6-8-16(21,9-7-12)10-18-15-11(3)14(17)19-13(5-2)20-15/h12,21H,4-10H2,1-3H3,(H3,17,18,19,20). The molecule has 1 aliphatic rings. The number of hydrogen-bond donors (Lipinski definition) is 3. The predicted molar refractivity (Wildman–Crippen MR) is 86.2 cm³/mol. The fourth-order valence-corrected chi connectivity index (χ4v) is 2.96. The number of anilines is 2. The third-order valence-electron chi connectivity index (χ3n) is 4.74. The Bertz CT molecular complexity index is 481. The van der Waals surface area contributed by atoms with Gasteiger partial charge in [0.1, 0.15) is 17.5 Å². The Balaban J connectivity index is 2.01. The molecule has 21 heavy (non-hydrogen) atoms. The molecule has 1 fully saturated rings. The van der Waals surface area contributed by atoms with Gasteiger partial charge in [-0.1, -0.05) is 20.3 Å². The van der Waals surface area contributed by atoms with Crippen molar-refractivity contribution < 1.29 is 5.11 Å². The third-order valence-corrected chi connectivity index (χ3v) is 4.74. The zero-order chi connectivity index (χ0) is 15.5. The summed E-state index contributed by atoms with van der Waals surface area (Å²) in [5, 5.41) is 14.0. The highest BCUT2D eigenvalue weighted by molar-refractivity contribution is 5.54. The van der Waals surface area contributed by atoms with Crippen LogP contribution in [0.25, 0.3) is 0 Å². The smallest absolute Gasteiger partial charge is 0.134 e. The number of nitrogens with two attached hydrogens (primary N) is 1. The largest absolute Gasteiger partial charge is 0.388 e. The summed E-state index contributed by atoms with van der Waals surface area (Å²) in [6.07, 6.45) is 5.91. The van der Waals surface area contributed by atoms with Gasteiger partial charge >= 0.3 is 0 Å². The maximum absolute atomic E-state index is 10.7. The monoisotopic (exact) mass is 292 g/mol. The number of rotatable bonds is 5. The van der Waals surface area contributed by atoms with E-state index in [0.29, 0.717) is 12.4 Å². The van der Waals surface area contributed by atoms with E-state index in [1.807, 2.05) is 13.8 Å². The van der Waals surface area contributed by atoms with E-state index in [4.69, 9.17) is 5.73 Å². The highest BCUT2D eigenvalue weighted by Gasteiger charge is 2.32. The summed E-state index contributed by atoms with van der Waals surface area (Å²) in [6, 6.07) is 0. The molecule has 5 nitrogen and oxygen atoms in total. The second kappa shape index (κ2) is 6.60. The number of aryl methyl sites for hydroxylation is 1. The van der Waals surface area contributed by atoms with Crippen molar-refractivity contribution in [2.24, 2.45) is 5.92 Å². The lowest BCUT2D eigenvalue weighted by atomic mass is 9.78. The van der Waals surface area contributed by atoms with Crippen LogP contribution in [-0.4, -0.2) is 27.2 Å². The third kappa shape index (κ3) is 3.84. The van der Waals surface area contributed by atoms with E-state index >= 15 is 0 Å². The summed E-state index contributed by atoms with van der Waals surface area (Å²) >= 11 is 0. The van der Waals surface area contributed by atoms with Crippen molar-refractivity contribution in [2.45, 2.75) is 64.9 Å². The lowest BCUT2D eigenvalue weighted by Crippen LogP contribution is -2.40. The van der Waals surface area contributed by atoms with Crippen molar-refractivity contribution in [1.29, 1.82) is 0 Å². The van der Waals surface area contributed by atoms with Gasteiger partial charge in [0.25, 0.3) is 0 Å². The summed E-state index contributed by atoms with van der Waals surface area (Å²) < 4.78 is 0. The quantitative estimate of drug-likeness (QED) is 0.777. The van der Waals surface area contributed by atoms with Gasteiger partial charge in [-0.05, 0) is 38.5 Å². The summed E-state index contributed by atoms with van der Waals surface area (Å²) in [5.74, 6) is 2.78. The number of aliphatic hydroxyl groups is 1. The van der Waals surface area contributed by atoms with E-state index in [2.05, 4.69) is 22.2 Å². The summed E-state index contributed by atoms with van der Waals surface area (Å²) in [5.41, 5.74) is 6.16. The van der Waals surface area contributed by atoms with Gasteiger partial charge in [-0.3, -0.25) is 0 Å². The second-order valence-corrected chi connectivity index (χ2v) is 6.28. The molecule has 5 heteroatoms. The molecular weight excluding hydrogens is 264 g/mol. The van der Waals surface area contributed by atoms with Crippen LogP contribution in [0.2, 0.25) is 0 Å². The van der Waals surface area contributed by atoms with Crippen LogP contribution in [0.15, 0.2) is 0 Å². The summed E-state index contributed by atoms with van der Waals surface area (Å²) in [4.78, 5) is 8.73. The maximum atomic E-state index is 10.7. The number of hydrogen-bond acceptors (Lipinski definition) is 5. The van der Waals surface area contributed by atoms with Crippen molar-refractivity contribution in [2.75, 3.05) is 17.6 Å². The minimum absolute atomic E-state index is 0.519. The predicted octanol–water partition coefficient (Wildman–Crippen LogP) is 2.67. The minimum Gasteiger partial charge on any atom is -0.388 e. The van der Waals surface area contributed by atoms with Gasteiger partial charge in [0.05, 0.1) is 5.60 Å². The topological polar surface area (TPSA) is 84.1 Å². The maximum Gasteiger partial charge on any atom is 0.134 e. The molecule has 1 heterocycles. The lowest BCUT2D eigenvalue weighted by molar-refractivity contribution is 0.00222. The van der Waals surface area contributed by atoms with E-state index in [0.717, 1.165) is 55.2 Å². The molecule has 0 amide bonds. The van der Waals surface area contributed by atoms with E-state index in [-0.39, 0.29) is 0 Å². The molecule has 0 radical (unpaired) electrons. The van der Waals surface area contributed by atoms with Gasteiger partial charge in [0.15, 0.2) is 0 Å². The molecule has 0 atom stereocenters. The average molecular weight is 292 g/mol. The van der Waals surface area contributed by atoms with Gasteiger partial charge in [-0.25, -0.2) is 9.97 Å². The van der Waals surface area contributed by atoms with Crippen LogP contribution in [-0.2, 0) is 6.42 Å². The van der Waals surface area contributed by atoms with Crippen molar-refractivity contribution >= 4 is 11.6 Å². The van der Waals surface area contributed by atoms with Crippen molar-refractivity contribution in [3.8, 4) is 0 Å². The first-order chi connectivity index (χ1) is 9.97. The van der Waals surface area contributed by atoms with Gasteiger partial charge in [0, 0.05) is 18.5 Å². The molecule has 118 valence electrons. The van der Waals surface area contributed by atoms with Crippen molar-refractivity contribution in [1.82, 2.24) is 9.97 Å². The molecule has 0 aromatic carbocycles. The van der Waals surface area contributed by atoms with E-state index in [1.54, 1.807) is 0 Å². The van der Waals surface area contributed by atoms with Crippen LogP contribution < -0.4 is 11.1 Å². The normalized spacial score (nSPS) is 25.8. The molecule has 0 saturated heterocycles. The van der Waals surface area contributed by atoms with Crippen LogP contribution in [0.4, 0.5) is 11.6 Å². The van der Waals surface area contributed by atoms with Crippen LogP contribution in [0.3, 0.4) is 0 Å². The first-order valence-electron chi connectivity index (χ1n) is 8.06. The molecule has 0 unspecified atom stereocenters. The Hall–Kier alpha value is -1.36. The van der Waals surface area contributed by atoms with Crippen molar-refractivity contribution in [3.63, 3.8) is 0 Å². The van der Waals surface area contributed by atoms with Crippen LogP contribution in [0.5, 0.6) is 0 Å². The van der Waals surface area contributed by atoms with Gasteiger partial charge in [-0.2, -0.15) is 0 Å². The molecule has 2 rings (SSSR count). The number of nitrogen functional groups attached to an aromatic ring is 1. The first-order valence-corrected chi connectivity index (χ1v) is 8.06. The van der Waals surface area contributed by atoms with Crippen LogP contribution in [0.1, 0.15) is 57.3 Å².